The van der Waals surface area contributed by atoms with E-state index in [1.165, 1.54) is 37.3 Å². The lowest BCUT2D eigenvalue weighted by atomic mass is 10.1. The Labute approximate surface area is 213 Å². The zero-order valence-corrected chi connectivity index (χ0v) is 21.2. The van der Waals surface area contributed by atoms with E-state index in [0.29, 0.717) is 22.0 Å². The molecular formula is C24H22Cl2N4O4S. The highest BCUT2D eigenvalue weighted by atomic mass is 35.5. The standard InChI is InChI=1S/C24H22Cl2N4O4S/c1-16(18-7-6-8-20(13-18)27-17(2)31)28-29-24(32)15-30(23-12-11-19(25)14-22(23)26)35(33,34)21-9-4-3-5-10-21/h3-14H,15H2,1-2H3,(H,27,31)(H,29,32)/b28-16-. The largest absolute Gasteiger partial charge is 0.326 e. The minimum absolute atomic E-state index is 0.00622. The van der Waals surface area contributed by atoms with Crippen LogP contribution in [0.4, 0.5) is 11.4 Å². The van der Waals surface area contributed by atoms with Crippen molar-refractivity contribution in [1.29, 1.82) is 0 Å². The predicted molar refractivity (Wildman–Crippen MR) is 139 cm³/mol. The first-order chi connectivity index (χ1) is 16.6. The molecule has 0 bridgehead atoms. The van der Waals surface area contributed by atoms with Gasteiger partial charge in [-0.1, -0.05) is 53.5 Å². The normalized spacial score (nSPS) is 11.6. The number of hydrazone groups is 1. The Balaban J connectivity index is 1.86. The fourth-order valence-corrected chi connectivity index (χ4v) is 5.13. The Hall–Kier alpha value is -3.40. The van der Waals surface area contributed by atoms with Gasteiger partial charge in [0.05, 0.1) is 21.3 Å². The van der Waals surface area contributed by atoms with E-state index in [4.69, 9.17) is 23.2 Å². The topological polar surface area (TPSA) is 108 Å². The molecule has 0 unspecified atom stereocenters. The summed E-state index contributed by atoms with van der Waals surface area (Å²) in [4.78, 5) is 24.1. The van der Waals surface area contributed by atoms with Gasteiger partial charge < -0.3 is 5.32 Å². The van der Waals surface area contributed by atoms with Crippen LogP contribution in [0.5, 0.6) is 0 Å². The molecule has 0 fully saturated rings. The second-order valence-electron chi connectivity index (χ2n) is 7.41. The van der Waals surface area contributed by atoms with Crippen LogP contribution in [0.1, 0.15) is 19.4 Å². The summed E-state index contributed by atoms with van der Waals surface area (Å²) in [5.41, 5.74) is 4.17. The molecule has 0 saturated heterocycles. The van der Waals surface area contributed by atoms with Crippen LogP contribution in [-0.4, -0.2) is 32.5 Å². The van der Waals surface area contributed by atoms with Crippen LogP contribution in [0.25, 0.3) is 0 Å². The Morgan fingerprint density at radius 2 is 1.66 bits per heavy atom. The lowest BCUT2D eigenvalue weighted by Gasteiger charge is -2.24. The number of carbonyl (C=O) groups excluding carboxylic acids is 2. The highest BCUT2D eigenvalue weighted by molar-refractivity contribution is 7.92. The van der Waals surface area contributed by atoms with Crippen LogP contribution in [0, 0.1) is 0 Å². The molecule has 3 aromatic rings. The number of halogens is 2. The first-order valence-corrected chi connectivity index (χ1v) is 12.5. The van der Waals surface area contributed by atoms with Crippen LogP contribution in [0.2, 0.25) is 10.0 Å². The summed E-state index contributed by atoms with van der Waals surface area (Å²) in [7, 11) is -4.14. The highest BCUT2D eigenvalue weighted by Crippen LogP contribution is 2.32. The van der Waals surface area contributed by atoms with Crippen molar-refractivity contribution in [2.75, 3.05) is 16.2 Å². The SMILES string of the molecule is CC(=O)Nc1cccc(/C(C)=N\NC(=O)CN(c2ccc(Cl)cc2Cl)S(=O)(=O)c2ccccc2)c1. The molecule has 0 aliphatic rings. The van der Waals surface area contributed by atoms with Gasteiger partial charge in [0.15, 0.2) is 0 Å². The van der Waals surface area contributed by atoms with Crippen molar-refractivity contribution >= 4 is 62.1 Å². The van der Waals surface area contributed by atoms with E-state index in [1.807, 2.05) is 0 Å². The Kier molecular flexibility index (Phi) is 8.50. The van der Waals surface area contributed by atoms with Crippen molar-refractivity contribution in [1.82, 2.24) is 5.43 Å². The first kappa shape index (κ1) is 26.2. The van der Waals surface area contributed by atoms with E-state index in [1.54, 1.807) is 49.4 Å². The molecule has 3 rings (SSSR count). The molecule has 8 nitrogen and oxygen atoms in total. The monoisotopic (exact) mass is 532 g/mol. The van der Waals surface area contributed by atoms with Crippen molar-refractivity contribution in [3.8, 4) is 0 Å². The summed E-state index contributed by atoms with van der Waals surface area (Å²) in [6.07, 6.45) is 0. The van der Waals surface area contributed by atoms with Crippen LogP contribution in [0.3, 0.4) is 0 Å². The number of hydrogen-bond donors (Lipinski definition) is 2. The number of benzene rings is 3. The van der Waals surface area contributed by atoms with Crippen molar-refractivity contribution < 1.29 is 18.0 Å². The third-order valence-corrected chi connectivity index (χ3v) is 7.06. The van der Waals surface area contributed by atoms with Crippen LogP contribution >= 0.6 is 23.2 Å². The average molecular weight is 533 g/mol. The fraction of sp³-hybridized carbons (Fsp3) is 0.125. The van der Waals surface area contributed by atoms with E-state index in [-0.39, 0.29) is 21.5 Å². The zero-order valence-electron chi connectivity index (χ0n) is 18.8. The van der Waals surface area contributed by atoms with Gasteiger partial charge in [0.1, 0.15) is 6.54 Å². The van der Waals surface area contributed by atoms with E-state index < -0.39 is 22.5 Å². The second kappa shape index (κ2) is 11.4. The molecular weight excluding hydrogens is 511 g/mol. The third-order valence-electron chi connectivity index (χ3n) is 4.75. The highest BCUT2D eigenvalue weighted by Gasteiger charge is 2.28. The molecule has 182 valence electrons. The van der Waals surface area contributed by atoms with Gasteiger partial charge in [0.25, 0.3) is 15.9 Å². The second-order valence-corrected chi connectivity index (χ2v) is 10.1. The number of amides is 2. The molecule has 0 aliphatic heterocycles. The summed E-state index contributed by atoms with van der Waals surface area (Å²) in [6.45, 7) is 2.49. The van der Waals surface area contributed by atoms with E-state index in [2.05, 4.69) is 15.8 Å². The number of rotatable bonds is 8. The minimum atomic E-state index is -4.14. The lowest BCUT2D eigenvalue weighted by molar-refractivity contribution is -0.119. The van der Waals surface area contributed by atoms with Crippen molar-refractivity contribution in [3.05, 3.63) is 88.4 Å². The van der Waals surface area contributed by atoms with Gasteiger partial charge in [-0.3, -0.25) is 13.9 Å². The molecule has 0 aromatic heterocycles. The van der Waals surface area contributed by atoms with Gasteiger partial charge in [-0.25, -0.2) is 13.8 Å². The summed E-state index contributed by atoms with van der Waals surface area (Å²) in [5.74, 6) is -0.904. The molecule has 0 heterocycles. The Morgan fingerprint density at radius 1 is 0.943 bits per heavy atom. The van der Waals surface area contributed by atoms with Crippen molar-refractivity contribution in [3.63, 3.8) is 0 Å². The van der Waals surface area contributed by atoms with E-state index >= 15 is 0 Å². The van der Waals surface area contributed by atoms with Gasteiger partial charge in [-0.2, -0.15) is 5.10 Å². The Morgan fingerprint density at radius 3 is 2.31 bits per heavy atom. The molecule has 2 N–H and O–H groups in total. The van der Waals surface area contributed by atoms with Crippen molar-refractivity contribution in [2.24, 2.45) is 5.10 Å². The van der Waals surface area contributed by atoms with Crippen LogP contribution < -0.4 is 15.0 Å². The predicted octanol–water partition coefficient (Wildman–Crippen LogP) is 4.69. The van der Waals surface area contributed by atoms with Gasteiger partial charge in [-0.15, -0.1) is 0 Å². The number of nitrogens with one attached hydrogen (secondary N) is 2. The molecule has 0 atom stereocenters. The quantitative estimate of drug-likeness (QED) is 0.324. The van der Waals surface area contributed by atoms with Crippen LogP contribution in [-0.2, 0) is 19.6 Å². The van der Waals surface area contributed by atoms with Gasteiger partial charge in [0, 0.05) is 17.6 Å². The van der Waals surface area contributed by atoms with E-state index in [0.717, 1.165) is 4.31 Å². The summed E-state index contributed by atoms with van der Waals surface area (Å²) >= 11 is 12.2. The van der Waals surface area contributed by atoms with E-state index in [9.17, 15) is 18.0 Å². The third kappa shape index (κ3) is 6.82. The Bertz CT molecular complexity index is 1380. The maximum Gasteiger partial charge on any atom is 0.264 e. The molecule has 11 heteroatoms. The smallest absolute Gasteiger partial charge is 0.264 e. The number of nitrogens with zero attached hydrogens (tertiary/aromatic N) is 2. The molecule has 2 amide bonds. The van der Waals surface area contributed by atoms with Gasteiger partial charge >= 0.3 is 0 Å². The molecule has 35 heavy (non-hydrogen) atoms. The number of carbonyl (C=O) groups is 2. The maximum absolute atomic E-state index is 13.4. The molecule has 0 saturated carbocycles. The zero-order chi connectivity index (χ0) is 25.6. The average Bonchev–Trinajstić information content (AvgIpc) is 2.81. The first-order valence-electron chi connectivity index (χ1n) is 10.3. The number of sulfonamides is 1. The van der Waals surface area contributed by atoms with Crippen LogP contribution in [0.15, 0.2) is 82.8 Å². The maximum atomic E-state index is 13.4. The fourth-order valence-electron chi connectivity index (χ4n) is 3.10. The summed E-state index contributed by atoms with van der Waals surface area (Å²) < 4.78 is 27.7. The summed E-state index contributed by atoms with van der Waals surface area (Å²) in [6, 6.07) is 18.9. The number of anilines is 2. The minimum Gasteiger partial charge on any atom is -0.326 e. The number of hydrogen-bond acceptors (Lipinski definition) is 5. The molecule has 0 aliphatic carbocycles. The molecule has 3 aromatic carbocycles. The lowest BCUT2D eigenvalue weighted by Crippen LogP contribution is -2.40. The van der Waals surface area contributed by atoms with Gasteiger partial charge in [-0.05, 0) is 55.0 Å². The van der Waals surface area contributed by atoms with Gasteiger partial charge in [0.2, 0.25) is 5.91 Å². The van der Waals surface area contributed by atoms with Crippen molar-refractivity contribution in [2.45, 2.75) is 18.7 Å². The molecule has 0 spiro atoms. The summed E-state index contributed by atoms with van der Waals surface area (Å²) in [5, 5.41) is 7.15. The molecule has 0 radical (unpaired) electrons.